The topological polar surface area (TPSA) is 70.7 Å². The summed E-state index contributed by atoms with van der Waals surface area (Å²) in [6.07, 6.45) is 0. The fourth-order valence-electron chi connectivity index (χ4n) is 1.05. The Balaban J connectivity index is 2.81. The average molecular weight is 152 g/mol. The van der Waals surface area contributed by atoms with Crippen LogP contribution in [0.5, 0.6) is 5.75 Å². The van der Waals surface area contributed by atoms with Crippen molar-refractivity contribution in [1.82, 2.24) is 0 Å². The lowest BCUT2D eigenvalue weighted by molar-refractivity contribution is 0.0696. The lowest BCUT2D eigenvalue weighted by atomic mass is 10.2. The fraction of sp³-hybridized carbons (Fsp3) is 0. The molecule has 11 heavy (non-hydrogen) atoms. The van der Waals surface area contributed by atoms with E-state index in [1.807, 2.05) is 0 Å². The van der Waals surface area contributed by atoms with E-state index < -0.39 is 5.97 Å². The van der Waals surface area contributed by atoms with Crippen LogP contribution < -0.4 is 0 Å². The molecule has 0 fully saturated rings. The number of carboxylic acids is 1. The van der Waals surface area contributed by atoms with Crippen molar-refractivity contribution in [2.24, 2.45) is 0 Å². The van der Waals surface area contributed by atoms with Crippen LogP contribution in [0.1, 0.15) is 10.4 Å². The maximum absolute atomic E-state index is 10.4. The van der Waals surface area contributed by atoms with Gasteiger partial charge in [-0.3, -0.25) is 0 Å². The molecular formula is C7H4O4. The molecule has 2 aromatic rings. The number of carboxylic acid groups (broad SMARTS) is 1. The van der Waals surface area contributed by atoms with Gasteiger partial charge in [0.2, 0.25) is 0 Å². The minimum absolute atomic E-state index is 0.150. The van der Waals surface area contributed by atoms with Crippen LogP contribution in [0.4, 0.5) is 0 Å². The predicted octanol–water partition coefficient (Wildman–Crippen LogP) is 1.27. The molecule has 2 bridgehead atoms. The Hall–Kier alpha value is -1.71. The van der Waals surface area contributed by atoms with Gasteiger partial charge in [-0.25, -0.2) is 4.79 Å². The molecule has 0 amide bonds. The first-order valence-electron chi connectivity index (χ1n) is 2.97. The van der Waals surface area contributed by atoms with E-state index in [1.54, 1.807) is 0 Å². The van der Waals surface area contributed by atoms with Gasteiger partial charge < -0.3 is 14.6 Å². The highest BCUT2D eigenvalue weighted by molar-refractivity contribution is 6.02. The van der Waals surface area contributed by atoms with Crippen LogP contribution in [0.3, 0.4) is 0 Å². The van der Waals surface area contributed by atoms with Gasteiger partial charge in [-0.2, -0.15) is 0 Å². The van der Waals surface area contributed by atoms with Crippen molar-refractivity contribution in [3.8, 4) is 5.75 Å². The monoisotopic (exact) mass is 152 g/mol. The van der Waals surface area contributed by atoms with Gasteiger partial charge >= 0.3 is 5.97 Å². The molecule has 2 heterocycles. The SMILES string of the molecule is O=C(O)c1c(O)c2ccc1o2. The summed E-state index contributed by atoms with van der Waals surface area (Å²) in [4.78, 5) is 10.4. The van der Waals surface area contributed by atoms with Crippen LogP contribution in [0.25, 0.3) is 11.2 Å². The second-order valence-corrected chi connectivity index (χ2v) is 2.19. The third-order valence-electron chi connectivity index (χ3n) is 1.54. The van der Waals surface area contributed by atoms with Gasteiger partial charge in [0.25, 0.3) is 0 Å². The lowest BCUT2D eigenvalue weighted by Crippen LogP contribution is -1.94. The van der Waals surface area contributed by atoms with Gasteiger partial charge in [-0.15, -0.1) is 0 Å². The van der Waals surface area contributed by atoms with Crippen LogP contribution in [0.15, 0.2) is 16.5 Å². The first kappa shape index (κ1) is 6.03. The van der Waals surface area contributed by atoms with Crippen LogP contribution in [-0.2, 0) is 0 Å². The van der Waals surface area contributed by atoms with Crippen LogP contribution in [-0.4, -0.2) is 16.2 Å². The predicted molar refractivity (Wildman–Crippen MR) is 36.0 cm³/mol. The highest BCUT2D eigenvalue weighted by atomic mass is 16.4. The normalized spacial score (nSPS) is 10.9. The molecule has 4 nitrogen and oxygen atoms in total. The summed E-state index contributed by atoms with van der Waals surface area (Å²) in [6, 6.07) is 3.04. The van der Waals surface area contributed by atoms with Gasteiger partial charge in [-0.05, 0) is 12.1 Å². The molecule has 4 heteroatoms. The number of carbonyl (C=O) groups is 1. The fourth-order valence-corrected chi connectivity index (χ4v) is 1.05. The second-order valence-electron chi connectivity index (χ2n) is 2.19. The molecule has 2 rings (SSSR count). The van der Waals surface area contributed by atoms with E-state index in [1.165, 1.54) is 12.1 Å². The molecule has 56 valence electrons. The second kappa shape index (κ2) is 1.66. The number of rotatable bonds is 1. The van der Waals surface area contributed by atoms with E-state index in [4.69, 9.17) is 14.6 Å². The van der Waals surface area contributed by atoms with Crippen molar-refractivity contribution >= 4 is 17.1 Å². The molecule has 2 N–H and O–H groups in total. The Kier molecular flexibility index (Phi) is 0.910. The maximum Gasteiger partial charge on any atom is 0.343 e. The number of phenols is 1. The van der Waals surface area contributed by atoms with E-state index in [0.29, 0.717) is 0 Å². The van der Waals surface area contributed by atoms with Gasteiger partial charge in [0.05, 0.1) is 0 Å². The Morgan fingerprint density at radius 3 is 2.36 bits per heavy atom. The minimum atomic E-state index is -1.17. The summed E-state index contributed by atoms with van der Waals surface area (Å²) in [5.74, 6) is -1.45. The molecule has 0 aromatic carbocycles. The highest BCUT2D eigenvalue weighted by Crippen LogP contribution is 2.33. The standard InChI is InChI=1S/C7H4O4/c8-6-4-2-1-3(11-4)5(6)7(9)10/h1-2,8H,(H,9,10). The molecule has 0 saturated heterocycles. The maximum atomic E-state index is 10.4. The van der Waals surface area contributed by atoms with Crippen molar-refractivity contribution < 1.29 is 19.4 Å². The smallest absolute Gasteiger partial charge is 0.343 e. The zero-order valence-corrected chi connectivity index (χ0v) is 5.37. The first-order valence-corrected chi connectivity index (χ1v) is 2.97. The summed E-state index contributed by atoms with van der Waals surface area (Å²) in [6.45, 7) is 0. The summed E-state index contributed by atoms with van der Waals surface area (Å²) in [7, 11) is 0. The van der Waals surface area contributed by atoms with E-state index in [9.17, 15) is 4.79 Å². The van der Waals surface area contributed by atoms with Crippen LogP contribution >= 0.6 is 0 Å². The molecule has 0 saturated carbocycles. The van der Waals surface area contributed by atoms with Gasteiger partial charge in [0.15, 0.2) is 11.3 Å². The molecule has 0 aliphatic rings. The van der Waals surface area contributed by atoms with Crippen molar-refractivity contribution in [2.45, 2.75) is 0 Å². The summed E-state index contributed by atoms with van der Waals surface area (Å²) in [5.41, 5.74) is 0.282. The van der Waals surface area contributed by atoms with Crippen molar-refractivity contribution in [3.63, 3.8) is 0 Å². The molecular weight excluding hydrogens is 148 g/mol. The van der Waals surface area contributed by atoms with Gasteiger partial charge in [-0.1, -0.05) is 0 Å². The van der Waals surface area contributed by atoms with E-state index in [0.717, 1.165) is 0 Å². The molecule has 0 radical (unpaired) electrons. The Labute approximate surface area is 61.0 Å². The number of furan rings is 2. The molecule has 0 spiro atoms. The quantitative estimate of drug-likeness (QED) is 0.645. The van der Waals surface area contributed by atoms with E-state index in [-0.39, 0.29) is 22.5 Å². The van der Waals surface area contributed by atoms with Crippen LogP contribution in [0.2, 0.25) is 0 Å². The zero-order chi connectivity index (χ0) is 8.01. The number of benzene rings is 1. The number of hydrogen-bond donors (Lipinski definition) is 2. The third kappa shape index (κ3) is 0.605. The van der Waals surface area contributed by atoms with Gasteiger partial charge in [0, 0.05) is 0 Å². The number of aromatic hydroxyl groups is 1. The molecule has 0 unspecified atom stereocenters. The molecule has 0 atom stereocenters. The number of aromatic carboxylic acids is 1. The number of fused-ring (bicyclic) bond motifs is 2. The third-order valence-corrected chi connectivity index (χ3v) is 1.54. The van der Waals surface area contributed by atoms with Crippen molar-refractivity contribution in [1.29, 1.82) is 0 Å². The molecule has 0 aliphatic carbocycles. The highest BCUT2D eigenvalue weighted by Gasteiger charge is 2.21. The zero-order valence-electron chi connectivity index (χ0n) is 5.37. The number of hydrogen-bond acceptors (Lipinski definition) is 3. The van der Waals surface area contributed by atoms with E-state index in [2.05, 4.69) is 0 Å². The Morgan fingerprint density at radius 1 is 1.36 bits per heavy atom. The minimum Gasteiger partial charge on any atom is -0.504 e. The van der Waals surface area contributed by atoms with Crippen molar-refractivity contribution in [3.05, 3.63) is 17.7 Å². The summed E-state index contributed by atoms with van der Waals surface area (Å²) < 4.78 is 4.88. The van der Waals surface area contributed by atoms with Gasteiger partial charge in [0.1, 0.15) is 11.1 Å². The summed E-state index contributed by atoms with van der Waals surface area (Å²) in [5, 5.41) is 17.7. The first-order chi connectivity index (χ1) is 5.20. The molecule has 0 aliphatic heterocycles. The van der Waals surface area contributed by atoms with E-state index >= 15 is 0 Å². The summed E-state index contributed by atoms with van der Waals surface area (Å²) >= 11 is 0. The van der Waals surface area contributed by atoms with Crippen molar-refractivity contribution in [2.75, 3.05) is 0 Å². The lowest BCUT2D eigenvalue weighted by Gasteiger charge is -1.89. The average Bonchev–Trinajstić information content (AvgIpc) is 2.44. The Bertz CT molecular complexity index is 401. The largest absolute Gasteiger partial charge is 0.504 e. The molecule has 2 aromatic heterocycles. The Morgan fingerprint density at radius 2 is 2.00 bits per heavy atom. The van der Waals surface area contributed by atoms with Crippen LogP contribution in [0, 0.1) is 0 Å².